The second kappa shape index (κ2) is 6.33. The monoisotopic (exact) mass is 285 g/mol. The first kappa shape index (κ1) is 14.4. The Labute approximate surface area is 115 Å². The van der Waals surface area contributed by atoms with Gasteiger partial charge in [-0.15, -0.1) is 0 Å². The number of para-hydroxylation sites is 1. The maximum Gasteiger partial charge on any atom is 0.221 e. The Bertz CT molecular complexity index is 516. The molecule has 0 aliphatic carbocycles. The quantitative estimate of drug-likeness (QED) is 0.590. The standard InChI is InChI=1S/C12H13Cl2N3O/c1-7(18)17-10-5-3-2-4-8(10)9(12(14)16)6-11(13)15/h2-6H,15-16H2,1H3,(H,17,18)/b11-6-,12-9+. The third-order valence-corrected chi connectivity index (χ3v) is 2.38. The summed E-state index contributed by atoms with van der Waals surface area (Å²) in [7, 11) is 0. The van der Waals surface area contributed by atoms with Crippen molar-refractivity contribution in [3.05, 3.63) is 46.2 Å². The number of hydrogen-bond acceptors (Lipinski definition) is 3. The molecule has 0 aliphatic rings. The van der Waals surface area contributed by atoms with Crippen LogP contribution in [0.2, 0.25) is 0 Å². The van der Waals surface area contributed by atoms with Crippen molar-refractivity contribution in [1.29, 1.82) is 0 Å². The van der Waals surface area contributed by atoms with Crippen LogP contribution >= 0.6 is 23.2 Å². The normalized spacial score (nSPS) is 12.9. The fraction of sp³-hybridized carbons (Fsp3) is 0.0833. The third-order valence-electron chi connectivity index (χ3n) is 2.07. The number of benzene rings is 1. The zero-order valence-electron chi connectivity index (χ0n) is 9.71. The van der Waals surface area contributed by atoms with Gasteiger partial charge in [0.15, 0.2) is 0 Å². The van der Waals surface area contributed by atoms with Crippen LogP contribution in [0.3, 0.4) is 0 Å². The van der Waals surface area contributed by atoms with Crippen molar-refractivity contribution in [2.24, 2.45) is 11.5 Å². The van der Waals surface area contributed by atoms with E-state index in [4.69, 9.17) is 34.7 Å². The molecule has 0 heterocycles. The Balaban J connectivity index is 3.34. The number of carbonyl (C=O) groups excluding carboxylic acids is 1. The van der Waals surface area contributed by atoms with Gasteiger partial charge in [0.2, 0.25) is 5.91 Å². The molecular weight excluding hydrogens is 273 g/mol. The zero-order chi connectivity index (χ0) is 13.7. The molecule has 4 nitrogen and oxygen atoms in total. The molecule has 0 saturated heterocycles. The van der Waals surface area contributed by atoms with Gasteiger partial charge in [-0.25, -0.2) is 0 Å². The summed E-state index contributed by atoms with van der Waals surface area (Å²) in [6, 6.07) is 7.06. The first-order valence-electron chi connectivity index (χ1n) is 5.06. The average molecular weight is 286 g/mol. The Kier molecular flexibility index (Phi) is 5.07. The van der Waals surface area contributed by atoms with E-state index in [2.05, 4.69) is 5.32 Å². The molecule has 5 N–H and O–H groups in total. The summed E-state index contributed by atoms with van der Waals surface area (Å²) >= 11 is 11.4. The molecule has 0 aromatic heterocycles. The van der Waals surface area contributed by atoms with E-state index in [9.17, 15) is 4.79 Å². The number of halogens is 2. The number of hydrogen-bond donors (Lipinski definition) is 3. The van der Waals surface area contributed by atoms with Crippen LogP contribution in [0, 0.1) is 0 Å². The fourth-order valence-corrected chi connectivity index (χ4v) is 1.70. The van der Waals surface area contributed by atoms with Gasteiger partial charge in [0.1, 0.15) is 5.16 Å². The number of allylic oxidation sites excluding steroid dienone is 2. The van der Waals surface area contributed by atoms with E-state index in [1.54, 1.807) is 24.3 Å². The molecule has 0 bridgehead atoms. The maximum absolute atomic E-state index is 11.1. The summed E-state index contributed by atoms with van der Waals surface area (Å²) < 4.78 is 0. The lowest BCUT2D eigenvalue weighted by Gasteiger charge is -2.11. The first-order chi connectivity index (χ1) is 8.41. The summed E-state index contributed by atoms with van der Waals surface area (Å²) in [6.07, 6.45) is 1.44. The highest BCUT2D eigenvalue weighted by molar-refractivity contribution is 6.34. The van der Waals surface area contributed by atoms with Gasteiger partial charge >= 0.3 is 0 Å². The Morgan fingerprint density at radius 1 is 1.28 bits per heavy atom. The minimum absolute atomic E-state index is 0.0383. The minimum atomic E-state index is -0.197. The smallest absolute Gasteiger partial charge is 0.221 e. The molecule has 1 amide bonds. The second-order valence-corrected chi connectivity index (χ2v) is 4.36. The predicted molar refractivity (Wildman–Crippen MR) is 75.8 cm³/mol. The van der Waals surface area contributed by atoms with E-state index in [0.29, 0.717) is 16.8 Å². The number of amides is 1. The lowest BCUT2D eigenvalue weighted by Crippen LogP contribution is -2.08. The highest BCUT2D eigenvalue weighted by Gasteiger charge is 2.10. The van der Waals surface area contributed by atoms with Crippen molar-refractivity contribution in [2.75, 3.05) is 5.32 Å². The fourth-order valence-electron chi connectivity index (χ4n) is 1.43. The van der Waals surface area contributed by atoms with Crippen LogP contribution in [0.15, 0.2) is 40.7 Å². The van der Waals surface area contributed by atoms with Crippen LogP contribution in [0.25, 0.3) is 5.57 Å². The Morgan fingerprint density at radius 2 is 1.89 bits per heavy atom. The second-order valence-electron chi connectivity index (χ2n) is 3.52. The lowest BCUT2D eigenvalue weighted by atomic mass is 10.0. The zero-order valence-corrected chi connectivity index (χ0v) is 11.2. The van der Waals surface area contributed by atoms with Gasteiger partial charge in [0.25, 0.3) is 0 Å². The molecular formula is C12H13Cl2N3O. The molecule has 0 saturated carbocycles. The lowest BCUT2D eigenvalue weighted by molar-refractivity contribution is -0.114. The summed E-state index contributed by atoms with van der Waals surface area (Å²) in [6.45, 7) is 1.41. The van der Waals surface area contributed by atoms with Crippen LogP contribution < -0.4 is 16.8 Å². The van der Waals surface area contributed by atoms with Gasteiger partial charge in [-0.05, 0) is 12.1 Å². The van der Waals surface area contributed by atoms with E-state index < -0.39 is 0 Å². The van der Waals surface area contributed by atoms with Crippen LogP contribution in [0.4, 0.5) is 5.69 Å². The largest absolute Gasteiger partial charge is 0.389 e. The van der Waals surface area contributed by atoms with Crippen molar-refractivity contribution < 1.29 is 4.79 Å². The number of carbonyl (C=O) groups is 1. The predicted octanol–water partition coefficient (Wildman–Crippen LogP) is 2.55. The van der Waals surface area contributed by atoms with Gasteiger partial charge in [-0.2, -0.15) is 0 Å². The molecule has 1 aromatic rings. The molecule has 6 heteroatoms. The average Bonchev–Trinajstić information content (AvgIpc) is 2.25. The van der Waals surface area contributed by atoms with Gasteiger partial charge in [-0.1, -0.05) is 41.4 Å². The maximum atomic E-state index is 11.1. The van der Waals surface area contributed by atoms with E-state index in [-0.39, 0.29) is 16.2 Å². The van der Waals surface area contributed by atoms with E-state index in [1.807, 2.05) is 0 Å². The van der Waals surface area contributed by atoms with Crippen LogP contribution in [-0.4, -0.2) is 5.91 Å². The molecule has 18 heavy (non-hydrogen) atoms. The molecule has 0 radical (unpaired) electrons. The Hall–Kier alpha value is -1.65. The third kappa shape index (κ3) is 3.98. The van der Waals surface area contributed by atoms with Crippen molar-refractivity contribution in [2.45, 2.75) is 6.92 Å². The van der Waals surface area contributed by atoms with E-state index >= 15 is 0 Å². The van der Waals surface area contributed by atoms with Gasteiger partial charge in [0, 0.05) is 23.7 Å². The van der Waals surface area contributed by atoms with Crippen LogP contribution in [0.5, 0.6) is 0 Å². The highest BCUT2D eigenvalue weighted by Crippen LogP contribution is 2.28. The summed E-state index contributed by atoms with van der Waals surface area (Å²) in [5.74, 6) is -0.197. The summed E-state index contributed by atoms with van der Waals surface area (Å²) in [4.78, 5) is 11.1. The van der Waals surface area contributed by atoms with Gasteiger partial charge < -0.3 is 16.8 Å². The first-order valence-corrected chi connectivity index (χ1v) is 5.82. The molecule has 1 rings (SSSR count). The molecule has 0 spiro atoms. The van der Waals surface area contributed by atoms with Crippen molar-refractivity contribution in [1.82, 2.24) is 0 Å². The summed E-state index contributed by atoms with van der Waals surface area (Å²) in [5.41, 5.74) is 12.7. The number of anilines is 1. The van der Waals surface area contributed by atoms with E-state index in [1.165, 1.54) is 13.0 Å². The minimum Gasteiger partial charge on any atom is -0.389 e. The van der Waals surface area contributed by atoms with Crippen LogP contribution in [-0.2, 0) is 4.79 Å². The molecule has 0 atom stereocenters. The van der Waals surface area contributed by atoms with Crippen molar-refractivity contribution >= 4 is 40.4 Å². The topological polar surface area (TPSA) is 81.1 Å². The number of nitrogens with one attached hydrogen (secondary N) is 1. The van der Waals surface area contributed by atoms with Gasteiger partial charge in [0.05, 0.1) is 5.16 Å². The van der Waals surface area contributed by atoms with Crippen molar-refractivity contribution in [3.8, 4) is 0 Å². The van der Waals surface area contributed by atoms with Crippen molar-refractivity contribution in [3.63, 3.8) is 0 Å². The SMILES string of the molecule is CC(=O)Nc1ccccc1C(/C=C(\N)Cl)=C(/N)Cl. The highest BCUT2D eigenvalue weighted by atomic mass is 35.5. The molecule has 0 fully saturated rings. The number of rotatable bonds is 3. The summed E-state index contributed by atoms with van der Waals surface area (Å²) in [5, 5.41) is 2.77. The number of nitrogens with two attached hydrogens (primary N) is 2. The molecule has 96 valence electrons. The van der Waals surface area contributed by atoms with Gasteiger partial charge in [-0.3, -0.25) is 4.79 Å². The van der Waals surface area contributed by atoms with Crippen LogP contribution in [0.1, 0.15) is 12.5 Å². The molecule has 1 aromatic carbocycles. The molecule has 0 aliphatic heterocycles. The molecule has 0 unspecified atom stereocenters. The Morgan fingerprint density at radius 3 is 2.39 bits per heavy atom. The van der Waals surface area contributed by atoms with E-state index in [0.717, 1.165) is 0 Å².